The van der Waals surface area contributed by atoms with E-state index < -0.39 is 33.5 Å². The zero-order chi connectivity index (χ0) is 24.0. The van der Waals surface area contributed by atoms with Gasteiger partial charge in [-0.1, -0.05) is 5.16 Å². The molecule has 0 aliphatic rings. The van der Waals surface area contributed by atoms with E-state index >= 15 is 0 Å². The molecule has 8 nitrogen and oxygen atoms in total. The molecule has 0 fully saturated rings. The van der Waals surface area contributed by atoms with Crippen LogP contribution in [0.3, 0.4) is 0 Å². The first-order valence-corrected chi connectivity index (χ1v) is 10.9. The number of hydrogen-bond acceptors (Lipinski definition) is 7. The molecule has 4 heterocycles. The number of nitrogens with zero attached hydrogens (tertiary/aromatic N) is 6. The van der Waals surface area contributed by atoms with Crippen LogP contribution in [0.2, 0.25) is 0 Å². The van der Waals surface area contributed by atoms with E-state index in [1.807, 2.05) is 0 Å². The van der Waals surface area contributed by atoms with Gasteiger partial charge >= 0.3 is 18.2 Å². The van der Waals surface area contributed by atoms with Gasteiger partial charge < -0.3 is 8.92 Å². The van der Waals surface area contributed by atoms with Crippen molar-refractivity contribution in [3.8, 4) is 11.4 Å². The number of hydrogen-bond donors (Lipinski definition) is 0. The number of pyridine rings is 2. The maximum atomic E-state index is 12.8. The van der Waals surface area contributed by atoms with Gasteiger partial charge in [0.2, 0.25) is 5.82 Å². The molecule has 0 N–H and O–H groups in total. The molecule has 0 bridgehead atoms. The van der Waals surface area contributed by atoms with Gasteiger partial charge in [0.1, 0.15) is 10.7 Å². The molecular weight excluding hydrogens is 478 g/mol. The SMILES string of the molecule is CS(=O)(=NCc1cn2ccc(-c3noc(C(F)(F)F)n3)cc2n1)c1ccc(C(F)(F)F)cn1. The number of fused-ring (bicyclic) bond motifs is 1. The van der Waals surface area contributed by atoms with Crippen molar-refractivity contribution in [2.45, 2.75) is 23.9 Å². The molecular formula is C18H12F6N6O2S. The van der Waals surface area contributed by atoms with E-state index in [0.29, 0.717) is 17.5 Å². The molecule has 4 rings (SSSR count). The predicted molar refractivity (Wildman–Crippen MR) is 101 cm³/mol. The van der Waals surface area contributed by atoms with E-state index in [0.717, 1.165) is 12.1 Å². The smallest absolute Gasteiger partial charge is 0.329 e. The minimum atomic E-state index is -4.77. The van der Waals surface area contributed by atoms with E-state index in [1.54, 1.807) is 10.6 Å². The van der Waals surface area contributed by atoms with Crippen LogP contribution in [0, 0.1) is 0 Å². The van der Waals surface area contributed by atoms with Crippen molar-refractivity contribution < 1.29 is 35.1 Å². The van der Waals surface area contributed by atoms with Crippen molar-refractivity contribution in [1.82, 2.24) is 24.5 Å². The predicted octanol–water partition coefficient (Wildman–Crippen LogP) is 4.47. The fourth-order valence-electron chi connectivity index (χ4n) is 2.73. The van der Waals surface area contributed by atoms with Crippen LogP contribution in [-0.4, -0.2) is 35.0 Å². The van der Waals surface area contributed by atoms with Crippen molar-refractivity contribution in [3.05, 3.63) is 60.0 Å². The van der Waals surface area contributed by atoms with Crippen LogP contribution in [0.25, 0.3) is 17.0 Å². The number of alkyl halides is 6. The first kappa shape index (κ1) is 22.7. The van der Waals surface area contributed by atoms with Gasteiger partial charge in [0, 0.05) is 30.4 Å². The third-order valence-corrected chi connectivity index (χ3v) is 6.00. The third-order valence-electron chi connectivity index (χ3n) is 4.36. The quantitative estimate of drug-likeness (QED) is 0.392. The van der Waals surface area contributed by atoms with Crippen LogP contribution in [-0.2, 0) is 28.6 Å². The molecule has 0 aliphatic carbocycles. The zero-order valence-electron chi connectivity index (χ0n) is 16.4. The molecule has 0 saturated heterocycles. The van der Waals surface area contributed by atoms with Gasteiger partial charge in [0.15, 0.2) is 0 Å². The number of halogens is 6. The molecule has 0 aromatic carbocycles. The highest BCUT2D eigenvalue weighted by atomic mass is 32.2. The van der Waals surface area contributed by atoms with Crippen molar-refractivity contribution in [3.63, 3.8) is 0 Å². The first-order chi connectivity index (χ1) is 15.3. The molecule has 15 heteroatoms. The van der Waals surface area contributed by atoms with Crippen molar-refractivity contribution >= 4 is 15.4 Å². The Morgan fingerprint density at radius 2 is 1.85 bits per heavy atom. The van der Waals surface area contributed by atoms with Gasteiger partial charge in [0.05, 0.1) is 27.5 Å². The van der Waals surface area contributed by atoms with Crippen LogP contribution in [0.5, 0.6) is 0 Å². The minimum Gasteiger partial charge on any atom is -0.329 e. The van der Waals surface area contributed by atoms with Gasteiger partial charge in [-0.25, -0.2) is 18.5 Å². The van der Waals surface area contributed by atoms with Gasteiger partial charge in [0.25, 0.3) is 0 Å². The molecule has 1 atom stereocenters. The highest BCUT2D eigenvalue weighted by molar-refractivity contribution is 7.92. The lowest BCUT2D eigenvalue weighted by Crippen LogP contribution is -2.08. The first-order valence-electron chi connectivity index (χ1n) is 8.93. The topological polar surface area (TPSA) is 98.5 Å². The van der Waals surface area contributed by atoms with E-state index in [2.05, 4.69) is 29.0 Å². The lowest BCUT2D eigenvalue weighted by molar-refractivity contribution is -0.159. The molecule has 33 heavy (non-hydrogen) atoms. The molecule has 0 saturated carbocycles. The van der Waals surface area contributed by atoms with E-state index in [-0.39, 0.29) is 23.0 Å². The minimum absolute atomic E-state index is 0.112. The molecule has 0 amide bonds. The number of imidazole rings is 1. The Morgan fingerprint density at radius 3 is 2.45 bits per heavy atom. The summed E-state index contributed by atoms with van der Waals surface area (Å²) in [6.45, 7) is -0.143. The Balaban J connectivity index is 1.57. The van der Waals surface area contributed by atoms with Crippen LogP contribution in [0.15, 0.2) is 56.8 Å². The summed E-state index contributed by atoms with van der Waals surface area (Å²) < 4.78 is 98.5. The van der Waals surface area contributed by atoms with Crippen LogP contribution in [0.1, 0.15) is 17.1 Å². The maximum Gasteiger partial charge on any atom is 0.471 e. The highest BCUT2D eigenvalue weighted by Crippen LogP contribution is 2.30. The monoisotopic (exact) mass is 490 g/mol. The van der Waals surface area contributed by atoms with Gasteiger partial charge in [-0.15, -0.1) is 0 Å². The Bertz CT molecular complexity index is 1430. The maximum absolute atomic E-state index is 12.8. The fraction of sp³-hybridized carbons (Fsp3) is 0.222. The largest absolute Gasteiger partial charge is 0.471 e. The summed E-state index contributed by atoms with van der Waals surface area (Å²) in [5.41, 5.74) is -0.0605. The summed E-state index contributed by atoms with van der Waals surface area (Å²) in [7, 11) is -3.11. The van der Waals surface area contributed by atoms with Gasteiger partial charge in [-0.3, -0.25) is 0 Å². The summed E-state index contributed by atoms with van der Waals surface area (Å²) in [5.74, 6) is -1.75. The molecule has 0 radical (unpaired) electrons. The fourth-order valence-corrected chi connectivity index (χ4v) is 3.81. The highest BCUT2D eigenvalue weighted by Gasteiger charge is 2.38. The second kappa shape index (κ2) is 7.83. The lowest BCUT2D eigenvalue weighted by atomic mass is 10.2. The second-order valence-electron chi connectivity index (χ2n) is 6.81. The summed E-state index contributed by atoms with van der Waals surface area (Å²) >= 11 is 0. The standard InChI is InChI=1S/C18H12F6N6O2S/c1-33(31,14-3-2-11(7-25-14)17(19,20)21)26-8-12-9-30-5-4-10(6-13(30)27-12)15-28-16(32-29-15)18(22,23)24/h2-7,9H,8H2,1H3. The summed E-state index contributed by atoms with van der Waals surface area (Å²) in [6.07, 6.45) is -4.45. The van der Waals surface area contributed by atoms with Crippen LogP contribution in [0.4, 0.5) is 26.3 Å². The molecule has 1 unspecified atom stereocenters. The van der Waals surface area contributed by atoms with Gasteiger partial charge in [-0.05, 0) is 24.3 Å². The van der Waals surface area contributed by atoms with Crippen molar-refractivity contribution in [1.29, 1.82) is 0 Å². The van der Waals surface area contributed by atoms with Crippen LogP contribution < -0.4 is 0 Å². The molecule has 0 aliphatic heterocycles. The Hall–Kier alpha value is -3.49. The average Bonchev–Trinajstić information content (AvgIpc) is 3.38. The normalized spacial score (nSPS) is 14.4. The van der Waals surface area contributed by atoms with E-state index in [1.165, 1.54) is 24.6 Å². The zero-order valence-corrected chi connectivity index (χ0v) is 17.2. The summed E-state index contributed by atoms with van der Waals surface area (Å²) in [5, 5.41) is 3.20. The summed E-state index contributed by atoms with van der Waals surface area (Å²) in [6, 6.07) is 4.66. The van der Waals surface area contributed by atoms with Crippen molar-refractivity contribution in [2.75, 3.05) is 6.26 Å². The molecule has 174 valence electrons. The Kier molecular flexibility index (Phi) is 5.38. The summed E-state index contributed by atoms with van der Waals surface area (Å²) in [4.78, 5) is 11.2. The lowest BCUT2D eigenvalue weighted by Gasteiger charge is -2.07. The van der Waals surface area contributed by atoms with Gasteiger partial charge in [-0.2, -0.15) is 31.3 Å². The van der Waals surface area contributed by atoms with Crippen LogP contribution >= 0.6 is 0 Å². The molecule has 4 aromatic heterocycles. The average molecular weight is 490 g/mol. The van der Waals surface area contributed by atoms with E-state index in [4.69, 9.17) is 0 Å². The third kappa shape index (κ3) is 4.81. The Morgan fingerprint density at radius 1 is 1.09 bits per heavy atom. The van der Waals surface area contributed by atoms with Crippen molar-refractivity contribution in [2.24, 2.45) is 4.36 Å². The molecule has 4 aromatic rings. The van der Waals surface area contributed by atoms with E-state index in [9.17, 15) is 30.6 Å². The number of aromatic nitrogens is 5. The number of rotatable bonds is 4. The second-order valence-corrected chi connectivity index (χ2v) is 9.09. The molecule has 0 spiro atoms. The Labute approximate surface area is 181 Å².